The fraction of sp³-hybridized carbons (Fsp3) is 0.130. The minimum absolute atomic E-state index is 0.451. The zero-order chi connectivity index (χ0) is 33.2. The average Bonchev–Trinajstić information content (AvgIpc) is 3.52. The molecule has 1 heterocycles. The van der Waals surface area contributed by atoms with E-state index in [0.717, 1.165) is 50.4 Å². The number of hydrogen-bond acceptors (Lipinski definition) is 3. The lowest BCUT2D eigenvalue weighted by molar-refractivity contribution is 0.669. The third-order valence-corrected chi connectivity index (χ3v) is 10.2. The van der Waals surface area contributed by atoms with Gasteiger partial charge < -0.3 is 14.6 Å². The molecule has 9 rings (SSSR count). The van der Waals surface area contributed by atoms with Crippen LogP contribution >= 0.6 is 0 Å². The van der Waals surface area contributed by atoms with Gasteiger partial charge in [0, 0.05) is 38.6 Å². The van der Waals surface area contributed by atoms with Crippen molar-refractivity contribution in [3.8, 4) is 0 Å². The largest absolute Gasteiger partial charge is 0.454 e. The first-order chi connectivity index (χ1) is 23.9. The Labute approximate surface area is 286 Å². The maximum atomic E-state index is 6.64. The molecule has 1 aromatic heterocycles. The second kappa shape index (κ2) is 11.4. The number of anilines is 5. The number of nitrogens with zero attached hydrogens (tertiary/aromatic N) is 1. The van der Waals surface area contributed by atoms with Crippen molar-refractivity contribution in [2.75, 3.05) is 10.2 Å². The van der Waals surface area contributed by atoms with Crippen LogP contribution in [0.15, 0.2) is 144 Å². The highest BCUT2D eigenvalue weighted by Gasteiger charge is 2.23. The van der Waals surface area contributed by atoms with E-state index in [9.17, 15) is 0 Å². The van der Waals surface area contributed by atoms with E-state index in [2.05, 4.69) is 171 Å². The molecular weight excluding hydrogens is 597 g/mol. The molecule has 0 atom stereocenters. The Morgan fingerprint density at radius 3 is 1.84 bits per heavy atom. The first kappa shape index (κ1) is 29.3. The van der Waals surface area contributed by atoms with Gasteiger partial charge in [0.25, 0.3) is 0 Å². The smallest absolute Gasteiger partial charge is 0.159 e. The van der Waals surface area contributed by atoms with Gasteiger partial charge in [-0.2, -0.15) is 0 Å². The summed E-state index contributed by atoms with van der Waals surface area (Å²) in [5.74, 6) is 0.955. The molecule has 49 heavy (non-hydrogen) atoms. The Morgan fingerprint density at radius 1 is 0.490 bits per heavy atom. The number of nitrogens with one attached hydrogen (secondary N) is 1. The van der Waals surface area contributed by atoms with Crippen LogP contribution < -0.4 is 10.2 Å². The Bertz CT molecular complexity index is 2630. The number of rotatable bonds is 7. The monoisotopic (exact) mass is 634 g/mol. The summed E-state index contributed by atoms with van der Waals surface area (Å²) in [6, 6.07) is 50.8. The fourth-order valence-corrected chi connectivity index (χ4v) is 7.52. The first-order valence-electron chi connectivity index (χ1n) is 17.3. The molecule has 3 heteroatoms. The lowest BCUT2D eigenvalue weighted by atomic mass is 9.92. The first-order valence-corrected chi connectivity index (χ1v) is 17.3. The summed E-state index contributed by atoms with van der Waals surface area (Å²) in [6.45, 7) is 8.95. The highest BCUT2D eigenvalue weighted by Crippen LogP contribution is 2.47. The van der Waals surface area contributed by atoms with Crippen molar-refractivity contribution < 1.29 is 4.42 Å². The van der Waals surface area contributed by atoms with Crippen molar-refractivity contribution in [1.82, 2.24) is 0 Å². The van der Waals surface area contributed by atoms with Gasteiger partial charge in [0.15, 0.2) is 5.58 Å². The van der Waals surface area contributed by atoms with Crippen molar-refractivity contribution in [1.29, 1.82) is 0 Å². The van der Waals surface area contributed by atoms with Crippen molar-refractivity contribution in [3.63, 3.8) is 0 Å². The van der Waals surface area contributed by atoms with Crippen molar-refractivity contribution in [2.24, 2.45) is 0 Å². The molecule has 0 aliphatic rings. The second-order valence-corrected chi connectivity index (χ2v) is 13.9. The van der Waals surface area contributed by atoms with Crippen LogP contribution in [-0.2, 0) is 0 Å². The Balaban J connectivity index is 1.27. The zero-order valence-electron chi connectivity index (χ0n) is 28.3. The van der Waals surface area contributed by atoms with Gasteiger partial charge >= 0.3 is 0 Å². The van der Waals surface area contributed by atoms with Gasteiger partial charge in [-0.05, 0) is 93.0 Å². The molecular formula is C46H38N2O. The lowest BCUT2D eigenvalue weighted by Gasteiger charge is -2.28. The SMILES string of the molecule is CC(C)c1ccc(Nc2ccc3ccc4c(N(c5ccc(C(C)C)cc5)c5cccc6c5oc5ccccc56)ccc5ccc2c3c54)cc1. The van der Waals surface area contributed by atoms with Gasteiger partial charge in [0.2, 0.25) is 0 Å². The average molecular weight is 635 g/mol. The molecule has 238 valence electrons. The molecule has 0 spiro atoms. The van der Waals surface area contributed by atoms with Crippen molar-refractivity contribution in [2.45, 2.75) is 39.5 Å². The van der Waals surface area contributed by atoms with E-state index in [4.69, 9.17) is 4.42 Å². The van der Waals surface area contributed by atoms with E-state index in [-0.39, 0.29) is 0 Å². The summed E-state index contributed by atoms with van der Waals surface area (Å²) < 4.78 is 6.64. The van der Waals surface area contributed by atoms with Crippen LogP contribution in [0.3, 0.4) is 0 Å². The van der Waals surface area contributed by atoms with Gasteiger partial charge in [-0.15, -0.1) is 0 Å². The minimum Gasteiger partial charge on any atom is -0.454 e. The third kappa shape index (κ3) is 4.80. The molecule has 1 N–H and O–H groups in total. The van der Waals surface area contributed by atoms with Crippen LogP contribution in [0.25, 0.3) is 54.3 Å². The normalized spacial score (nSPS) is 12.0. The van der Waals surface area contributed by atoms with Gasteiger partial charge in [-0.3, -0.25) is 0 Å². The summed E-state index contributed by atoms with van der Waals surface area (Å²) in [4.78, 5) is 2.39. The number of hydrogen-bond donors (Lipinski definition) is 1. The van der Waals surface area contributed by atoms with Crippen LogP contribution in [0.5, 0.6) is 0 Å². The zero-order valence-corrected chi connectivity index (χ0v) is 28.3. The molecule has 0 amide bonds. The molecule has 0 aliphatic carbocycles. The summed E-state index contributed by atoms with van der Waals surface area (Å²) in [5.41, 5.74) is 9.89. The van der Waals surface area contributed by atoms with Crippen LogP contribution in [-0.4, -0.2) is 0 Å². The Hall–Kier alpha value is -5.80. The van der Waals surface area contributed by atoms with E-state index in [1.165, 1.54) is 43.4 Å². The molecule has 8 aromatic carbocycles. The molecule has 0 unspecified atom stereocenters. The van der Waals surface area contributed by atoms with E-state index in [1.807, 2.05) is 6.07 Å². The molecule has 0 aliphatic heterocycles. The third-order valence-electron chi connectivity index (χ3n) is 10.2. The number of para-hydroxylation sites is 2. The highest BCUT2D eigenvalue weighted by atomic mass is 16.3. The predicted molar refractivity (Wildman–Crippen MR) is 210 cm³/mol. The fourth-order valence-electron chi connectivity index (χ4n) is 7.52. The summed E-state index contributed by atoms with van der Waals surface area (Å²) >= 11 is 0. The topological polar surface area (TPSA) is 28.4 Å². The Morgan fingerprint density at radius 2 is 1.10 bits per heavy atom. The van der Waals surface area contributed by atoms with Gasteiger partial charge in [-0.25, -0.2) is 0 Å². The molecule has 9 aromatic rings. The van der Waals surface area contributed by atoms with Crippen LogP contribution in [0.2, 0.25) is 0 Å². The molecule has 3 nitrogen and oxygen atoms in total. The second-order valence-electron chi connectivity index (χ2n) is 13.9. The standard InChI is InChI=1S/C46H38N2O/c1-28(2)30-12-20-34(21-13-30)47-40-26-18-32-17-25-39-41(27-19-33-16-24-38(40)44(32)45(33)39)48(35-22-14-31(15-23-35)29(3)4)42-10-7-9-37-36-8-5-6-11-43(36)49-46(37)42/h5-29,47H,1-4H3. The maximum Gasteiger partial charge on any atom is 0.159 e. The Kier molecular flexibility index (Phi) is 6.84. The number of furan rings is 1. The van der Waals surface area contributed by atoms with Crippen molar-refractivity contribution in [3.05, 3.63) is 151 Å². The summed E-state index contributed by atoms with van der Waals surface area (Å²) in [5, 5.41) is 13.4. The van der Waals surface area contributed by atoms with Crippen LogP contribution in [0, 0.1) is 0 Å². The van der Waals surface area contributed by atoms with Gasteiger partial charge in [-0.1, -0.05) is 119 Å². The summed E-state index contributed by atoms with van der Waals surface area (Å²) in [7, 11) is 0. The molecule has 0 saturated heterocycles. The lowest BCUT2D eigenvalue weighted by Crippen LogP contribution is -2.11. The molecule has 0 saturated carbocycles. The van der Waals surface area contributed by atoms with E-state index < -0.39 is 0 Å². The maximum absolute atomic E-state index is 6.64. The highest BCUT2D eigenvalue weighted by molar-refractivity contribution is 6.28. The summed E-state index contributed by atoms with van der Waals surface area (Å²) in [6.07, 6.45) is 0. The molecule has 0 fully saturated rings. The predicted octanol–water partition coefficient (Wildman–Crippen LogP) is 13.9. The van der Waals surface area contributed by atoms with Crippen molar-refractivity contribution >= 4 is 82.7 Å². The van der Waals surface area contributed by atoms with Gasteiger partial charge in [0.05, 0.1) is 11.4 Å². The minimum atomic E-state index is 0.451. The molecule has 0 bridgehead atoms. The van der Waals surface area contributed by atoms with E-state index >= 15 is 0 Å². The van der Waals surface area contributed by atoms with E-state index in [1.54, 1.807) is 0 Å². The molecule has 0 radical (unpaired) electrons. The number of fused-ring (bicyclic) bond motifs is 3. The van der Waals surface area contributed by atoms with Crippen LogP contribution in [0.1, 0.15) is 50.7 Å². The quantitative estimate of drug-likeness (QED) is 0.177. The van der Waals surface area contributed by atoms with E-state index in [0.29, 0.717) is 11.8 Å². The van der Waals surface area contributed by atoms with Gasteiger partial charge in [0.1, 0.15) is 5.58 Å². The van der Waals surface area contributed by atoms with Crippen LogP contribution in [0.4, 0.5) is 28.4 Å². The number of benzene rings is 8.